The highest BCUT2D eigenvalue weighted by Crippen LogP contribution is 2.23. The Balaban J connectivity index is 1.19. The molecule has 0 bridgehead atoms. The minimum Gasteiger partial charge on any atom is -0.492 e. The first-order valence-corrected chi connectivity index (χ1v) is 14.9. The number of aliphatic carboxylic acids is 1. The van der Waals surface area contributed by atoms with Crippen LogP contribution in [0.3, 0.4) is 0 Å². The number of hydrogen-bond donors (Lipinski definition) is 1. The van der Waals surface area contributed by atoms with Crippen LogP contribution in [-0.4, -0.2) is 46.5 Å². The van der Waals surface area contributed by atoms with Crippen molar-refractivity contribution < 1.29 is 24.2 Å². The van der Waals surface area contributed by atoms with Crippen molar-refractivity contribution in [2.24, 2.45) is 0 Å². The van der Waals surface area contributed by atoms with Gasteiger partial charge in [0.2, 0.25) is 0 Å². The third-order valence-electron chi connectivity index (χ3n) is 7.14. The molecule has 0 spiro atoms. The van der Waals surface area contributed by atoms with Gasteiger partial charge in [-0.2, -0.15) is 0 Å². The highest BCUT2D eigenvalue weighted by molar-refractivity contribution is 5.96. The third-order valence-corrected chi connectivity index (χ3v) is 7.14. The molecule has 1 amide bonds. The average molecular weight is 601 g/mol. The minimum atomic E-state index is -1.09. The largest absolute Gasteiger partial charge is 0.492 e. The second kappa shape index (κ2) is 15.9. The van der Waals surface area contributed by atoms with Gasteiger partial charge in [0, 0.05) is 31.7 Å². The molecule has 5 aromatic rings. The Bertz CT molecular complexity index is 1600. The summed E-state index contributed by atoms with van der Waals surface area (Å²) in [5.41, 5.74) is 3.61. The van der Waals surface area contributed by atoms with Crippen LogP contribution in [0, 0.1) is 0 Å². The van der Waals surface area contributed by atoms with Crippen LogP contribution in [0.1, 0.15) is 27.0 Å². The fourth-order valence-electron chi connectivity index (χ4n) is 4.98. The number of carboxylic acids is 1. The second-order valence-corrected chi connectivity index (χ2v) is 10.7. The molecule has 5 aromatic carbocycles. The molecule has 0 saturated heterocycles. The number of rotatable bonds is 15. The molecule has 0 aliphatic rings. The Labute approximate surface area is 263 Å². The van der Waals surface area contributed by atoms with Gasteiger partial charge in [0.1, 0.15) is 30.4 Å². The van der Waals surface area contributed by atoms with E-state index in [4.69, 9.17) is 9.47 Å². The number of ether oxygens (including phenoxy) is 2. The molecule has 5 rings (SSSR count). The van der Waals surface area contributed by atoms with Crippen LogP contribution < -0.4 is 9.47 Å². The molecule has 7 heteroatoms. The highest BCUT2D eigenvalue weighted by atomic mass is 16.5. The smallest absolute Gasteiger partial charge is 0.323 e. The molecule has 0 radical (unpaired) electrons. The highest BCUT2D eigenvalue weighted by Gasteiger charge is 2.19. The van der Waals surface area contributed by atoms with E-state index >= 15 is 0 Å². The lowest BCUT2D eigenvalue weighted by Crippen LogP contribution is -2.35. The molecule has 0 aliphatic heterocycles. The molecule has 0 unspecified atom stereocenters. The van der Waals surface area contributed by atoms with Crippen LogP contribution in [0.25, 0.3) is 0 Å². The van der Waals surface area contributed by atoms with Crippen LogP contribution in [0.5, 0.6) is 17.2 Å². The van der Waals surface area contributed by atoms with E-state index in [0.29, 0.717) is 36.0 Å². The standard InChI is InChI=1S/C38H36N2O5/c41-37(42)29-40(28-32-15-10-18-36(25-32)45-35-16-8-3-9-17-35)38(43)33-19-21-34(22-20-33)44-24-23-39(26-30-11-4-1-5-12-30)27-31-13-6-2-7-14-31/h1-22,25H,23-24,26-29H2,(H,41,42). The Morgan fingerprint density at radius 3 is 1.73 bits per heavy atom. The van der Waals surface area contributed by atoms with Gasteiger partial charge in [-0.1, -0.05) is 91.0 Å². The van der Waals surface area contributed by atoms with Crippen LogP contribution in [0.4, 0.5) is 0 Å². The molecule has 1 N–H and O–H groups in total. The second-order valence-electron chi connectivity index (χ2n) is 10.7. The minimum absolute atomic E-state index is 0.119. The van der Waals surface area contributed by atoms with Gasteiger partial charge >= 0.3 is 5.97 Å². The first-order valence-electron chi connectivity index (χ1n) is 14.9. The number of para-hydroxylation sites is 1. The summed E-state index contributed by atoms with van der Waals surface area (Å²) >= 11 is 0. The number of benzene rings is 5. The van der Waals surface area contributed by atoms with Gasteiger partial charge < -0.3 is 19.5 Å². The van der Waals surface area contributed by atoms with E-state index in [9.17, 15) is 14.7 Å². The summed E-state index contributed by atoms with van der Waals surface area (Å²) in [5.74, 6) is 0.469. The predicted octanol–water partition coefficient (Wildman–Crippen LogP) is 7.29. The van der Waals surface area contributed by atoms with Crippen molar-refractivity contribution in [3.05, 3.63) is 162 Å². The maximum absolute atomic E-state index is 13.4. The number of carbonyl (C=O) groups excluding carboxylic acids is 1. The van der Waals surface area contributed by atoms with Crippen molar-refractivity contribution in [2.45, 2.75) is 19.6 Å². The normalized spacial score (nSPS) is 10.8. The summed E-state index contributed by atoms with van der Waals surface area (Å²) < 4.78 is 12.0. The Kier molecular flexibility index (Phi) is 11.0. The van der Waals surface area contributed by atoms with Crippen molar-refractivity contribution in [1.29, 1.82) is 0 Å². The number of carbonyl (C=O) groups is 2. The topological polar surface area (TPSA) is 79.3 Å². The maximum atomic E-state index is 13.4. The van der Waals surface area contributed by atoms with Gasteiger partial charge in [-0.25, -0.2) is 0 Å². The predicted molar refractivity (Wildman–Crippen MR) is 174 cm³/mol. The molecule has 7 nitrogen and oxygen atoms in total. The third kappa shape index (κ3) is 9.81. The Hall–Kier alpha value is -5.40. The summed E-state index contributed by atoms with van der Waals surface area (Å²) in [6.07, 6.45) is 0. The van der Waals surface area contributed by atoms with E-state index in [2.05, 4.69) is 29.2 Å². The van der Waals surface area contributed by atoms with Crippen LogP contribution in [-0.2, 0) is 24.4 Å². The summed E-state index contributed by atoms with van der Waals surface area (Å²) in [6, 6.07) is 44.2. The zero-order valence-electron chi connectivity index (χ0n) is 25.0. The van der Waals surface area contributed by atoms with Gasteiger partial charge in [-0.3, -0.25) is 14.5 Å². The van der Waals surface area contributed by atoms with Gasteiger partial charge in [0.05, 0.1) is 0 Å². The summed E-state index contributed by atoms with van der Waals surface area (Å²) in [6.45, 7) is 2.47. The van der Waals surface area contributed by atoms with Gasteiger partial charge in [-0.15, -0.1) is 0 Å². The van der Waals surface area contributed by atoms with E-state index < -0.39 is 12.5 Å². The quantitative estimate of drug-likeness (QED) is 0.136. The maximum Gasteiger partial charge on any atom is 0.323 e. The van der Waals surface area contributed by atoms with Crippen LogP contribution in [0.15, 0.2) is 140 Å². The summed E-state index contributed by atoms with van der Waals surface area (Å²) in [7, 11) is 0. The Morgan fingerprint density at radius 2 is 1.13 bits per heavy atom. The zero-order valence-corrected chi connectivity index (χ0v) is 25.0. The lowest BCUT2D eigenvalue weighted by molar-refractivity contribution is -0.137. The monoisotopic (exact) mass is 600 g/mol. The molecule has 45 heavy (non-hydrogen) atoms. The lowest BCUT2D eigenvalue weighted by Gasteiger charge is -2.23. The zero-order chi connectivity index (χ0) is 31.3. The fraction of sp³-hybridized carbons (Fsp3) is 0.158. The van der Waals surface area contributed by atoms with Crippen LogP contribution >= 0.6 is 0 Å². The number of nitrogens with zero attached hydrogens (tertiary/aromatic N) is 2. The lowest BCUT2D eigenvalue weighted by atomic mass is 10.1. The van der Waals surface area contributed by atoms with Crippen molar-refractivity contribution in [1.82, 2.24) is 9.80 Å². The number of carboxylic acid groups (broad SMARTS) is 1. The number of hydrogen-bond acceptors (Lipinski definition) is 5. The Morgan fingerprint density at radius 1 is 0.578 bits per heavy atom. The molecule has 0 saturated carbocycles. The number of amides is 1. The van der Waals surface area contributed by atoms with E-state index in [1.54, 1.807) is 24.3 Å². The molecular weight excluding hydrogens is 564 g/mol. The molecular formula is C38H36N2O5. The van der Waals surface area contributed by atoms with Crippen molar-refractivity contribution in [3.8, 4) is 17.2 Å². The first kappa shape index (κ1) is 31.0. The molecule has 0 fully saturated rings. The van der Waals surface area contributed by atoms with E-state index in [-0.39, 0.29) is 12.5 Å². The van der Waals surface area contributed by atoms with E-state index in [1.807, 2.05) is 91.0 Å². The summed E-state index contributed by atoms with van der Waals surface area (Å²) in [4.78, 5) is 28.7. The van der Waals surface area contributed by atoms with E-state index in [1.165, 1.54) is 16.0 Å². The van der Waals surface area contributed by atoms with Gasteiger partial charge in [0.15, 0.2) is 0 Å². The molecule has 228 valence electrons. The van der Waals surface area contributed by atoms with E-state index in [0.717, 1.165) is 18.7 Å². The van der Waals surface area contributed by atoms with Crippen molar-refractivity contribution in [2.75, 3.05) is 19.7 Å². The van der Waals surface area contributed by atoms with Gasteiger partial charge in [-0.05, 0) is 65.2 Å². The average Bonchev–Trinajstić information content (AvgIpc) is 3.06. The molecule has 0 atom stereocenters. The molecule has 0 heterocycles. The van der Waals surface area contributed by atoms with Crippen LogP contribution in [0.2, 0.25) is 0 Å². The first-order chi connectivity index (χ1) is 22.0. The SMILES string of the molecule is O=C(O)CN(Cc1cccc(Oc2ccccc2)c1)C(=O)c1ccc(OCCN(Cc2ccccc2)Cc2ccccc2)cc1. The fourth-order valence-corrected chi connectivity index (χ4v) is 4.98. The van der Waals surface area contributed by atoms with Crippen molar-refractivity contribution >= 4 is 11.9 Å². The van der Waals surface area contributed by atoms with Gasteiger partial charge in [0.25, 0.3) is 5.91 Å². The summed E-state index contributed by atoms with van der Waals surface area (Å²) in [5, 5.41) is 9.54. The van der Waals surface area contributed by atoms with Crippen molar-refractivity contribution in [3.63, 3.8) is 0 Å². The molecule has 0 aliphatic carbocycles. The molecule has 0 aromatic heterocycles.